The van der Waals surface area contributed by atoms with Gasteiger partial charge in [0, 0.05) is 23.6 Å². The van der Waals surface area contributed by atoms with E-state index in [4.69, 9.17) is 4.74 Å². The SMILES string of the molecule is CCC(C)(O)c1nnc(N2CCCC2c2cc(Br)ccc2OC)n1C. The van der Waals surface area contributed by atoms with E-state index < -0.39 is 5.60 Å². The molecule has 7 heteroatoms. The van der Waals surface area contributed by atoms with E-state index >= 15 is 0 Å². The Hall–Kier alpha value is -1.60. The summed E-state index contributed by atoms with van der Waals surface area (Å²) in [5.41, 5.74) is 0.157. The maximum absolute atomic E-state index is 10.6. The third kappa shape index (κ3) is 3.27. The van der Waals surface area contributed by atoms with Crippen molar-refractivity contribution in [3.63, 3.8) is 0 Å². The molecule has 136 valence electrons. The van der Waals surface area contributed by atoms with Crippen LogP contribution in [-0.2, 0) is 12.6 Å². The molecule has 0 radical (unpaired) electrons. The van der Waals surface area contributed by atoms with Crippen molar-refractivity contribution in [2.45, 2.75) is 44.8 Å². The fraction of sp³-hybridized carbons (Fsp3) is 0.556. The first-order valence-electron chi connectivity index (χ1n) is 8.61. The second kappa shape index (κ2) is 6.96. The molecule has 1 aromatic carbocycles. The number of rotatable bonds is 5. The molecule has 0 saturated carbocycles. The zero-order valence-corrected chi connectivity index (χ0v) is 16.7. The molecule has 1 N–H and O–H groups in total. The lowest BCUT2D eigenvalue weighted by molar-refractivity contribution is 0.0405. The average molecular weight is 409 g/mol. The normalized spacial score (nSPS) is 19.9. The van der Waals surface area contributed by atoms with Crippen LogP contribution < -0.4 is 9.64 Å². The van der Waals surface area contributed by atoms with Gasteiger partial charge in [-0.1, -0.05) is 22.9 Å². The number of nitrogens with zero attached hydrogens (tertiary/aromatic N) is 4. The van der Waals surface area contributed by atoms with E-state index in [1.807, 2.05) is 30.7 Å². The van der Waals surface area contributed by atoms with Crippen LogP contribution in [-0.4, -0.2) is 33.5 Å². The van der Waals surface area contributed by atoms with Crippen LogP contribution in [0.3, 0.4) is 0 Å². The molecule has 0 spiro atoms. The summed E-state index contributed by atoms with van der Waals surface area (Å²) in [6, 6.07) is 6.26. The van der Waals surface area contributed by atoms with Gasteiger partial charge in [-0.3, -0.25) is 4.57 Å². The molecule has 25 heavy (non-hydrogen) atoms. The molecule has 0 bridgehead atoms. The van der Waals surface area contributed by atoms with Gasteiger partial charge < -0.3 is 14.7 Å². The Morgan fingerprint density at radius 2 is 2.16 bits per heavy atom. The van der Waals surface area contributed by atoms with Crippen LogP contribution in [0.1, 0.15) is 50.5 Å². The second-order valence-corrected chi connectivity index (χ2v) is 7.66. The van der Waals surface area contributed by atoms with E-state index in [1.54, 1.807) is 14.0 Å². The molecule has 2 atom stereocenters. The third-order valence-corrected chi connectivity index (χ3v) is 5.58. The minimum absolute atomic E-state index is 0.176. The Kier molecular flexibility index (Phi) is 5.06. The van der Waals surface area contributed by atoms with Crippen LogP contribution in [0, 0.1) is 0 Å². The van der Waals surface area contributed by atoms with Gasteiger partial charge in [-0.25, -0.2) is 0 Å². The number of benzene rings is 1. The van der Waals surface area contributed by atoms with Crippen molar-refractivity contribution in [3.8, 4) is 5.75 Å². The van der Waals surface area contributed by atoms with E-state index in [9.17, 15) is 5.11 Å². The highest BCUT2D eigenvalue weighted by Gasteiger charge is 2.34. The zero-order valence-electron chi connectivity index (χ0n) is 15.2. The average Bonchev–Trinajstić information content (AvgIpc) is 3.21. The van der Waals surface area contributed by atoms with Crippen LogP contribution in [0.5, 0.6) is 5.75 Å². The summed E-state index contributed by atoms with van der Waals surface area (Å²) in [7, 11) is 3.62. The molecule has 1 aliphatic rings. The standard InChI is InChI=1S/C18H25BrN4O2/c1-5-18(2,24)16-20-21-17(22(16)3)23-10-6-7-14(23)13-11-12(19)8-9-15(13)25-4/h8-9,11,14,24H,5-7,10H2,1-4H3. The maximum Gasteiger partial charge on any atom is 0.227 e. The van der Waals surface area contributed by atoms with E-state index in [-0.39, 0.29) is 6.04 Å². The quantitative estimate of drug-likeness (QED) is 0.819. The number of hydrogen-bond acceptors (Lipinski definition) is 5. The highest BCUT2D eigenvalue weighted by Crippen LogP contribution is 2.40. The molecule has 2 unspecified atom stereocenters. The smallest absolute Gasteiger partial charge is 0.227 e. The lowest BCUT2D eigenvalue weighted by Gasteiger charge is -2.28. The van der Waals surface area contributed by atoms with Gasteiger partial charge in [0.1, 0.15) is 11.4 Å². The number of hydrogen-bond donors (Lipinski definition) is 1. The van der Waals surface area contributed by atoms with E-state index in [1.165, 1.54) is 0 Å². The molecule has 0 aliphatic carbocycles. The van der Waals surface area contributed by atoms with Crippen molar-refractivity contribution in [1.29, 1.82) is 0 Å². The molecule has 1 saturated heterocycles. The number of aromatic nitrogens is 3. The minimum atomic E-state index is -0.983. The molecule has 2 heterocycles. The first kappa shape index (κ1) is 18.2. The van der Waals surface area contributed by atoms with Gasteiger partial charge in [-0.2, -0.15) is 0 Å². The molecule has 1 aromatic heterocycles. The van der Waals surface area contributed by atoms with Crippen molar-refractivity contribution in [3.05, 3.63) is 34.1 Å². The predicted molar refractivity (Wildman–Crippen MR) is 101 cm³/mol. The summed E-state index contributed by atoms with van der Waals surface area (Å²) >= 11 is 3.56. The summed E-state index contributed by atoms with van der Waals surface area (Å²) in [6.07, 6.45) is 2.69. The first-order valence-corrected chi connectivity index (χ1v) is 9.40. The van der Waals surface area contributed by atoms with E-state index in [0.717, 1.165) is 41.1 Å². The van der Waals surface area contributed by atoms with Gasteiger partial charge in [-0.05, 0) is 44.4 Å². The lowest BCUT2D eigenvalue weighted by Crippen LogP contribution is -2.28. The Bertz CT molecular complexity index is 760. The summed E-state index contributed by atoms with van der Waals surface area (Å²) in [6.45, 7) is 4.62. The lowest BCUT2D eigenvalue weighted by atomic mass is 10.0. The molecule has 1 fully saturated rings. The van der Waals surface area contributed by atoms with Gasteiger partial charge >= 0.3 is 0 Å². The second-order valence-electron chi connectivity index (χ2n) is 6.75. The molecule has 3 rings (SSSR count). The summed E-state index contributed by atoms with van der Waals surface area (Å²) in [4.78, 5) is 2.26. The number of halogens is 1. The van der Waals surface area contributed by atoms with Gasteiger partial charge in [0.05, 0.1) is 13.2 Å². The minimum Gasteiger partial charge on any atom is -0.496 e. The van der Waals surface area contributed by atoms with Gasteiger partial charge in [0.25, 0.3) is 0 Å². The van der Waals surface area contributed by atoms with Gasteiger partial charge in [-0.15, -0.1) is 10.2 Å². The molecule has 0 amide bonds. The van der Waals surface area contributed by atoms with Crippen LogP contribution in [0.4, 0.5) is 5.95 Å². The van der Waals surface area contributed by atoms with Crippen LogP contribution >= 0.6 is 15.9 Å². The molecule has 6 nitrogen and oxygen atoms in total. The number of aliphatic hydroxyl groups is 1. The van der Waals surface area contributed by atoms with Crippen LogP contribution in [0.2, 0.25) is 0 Å². The fourth-order valence-electron chi connectivity index (χ4n) is 3.49. The van der Waals surface area contributed by atoms with Crippen molar-refractivity contribution in [2.75, 3.05) is 18.6 Å². The molecular formula is C18H25BrN4O2. The predicted octanol–water partition coefficient (Wildman–Crippen LogP) is 3.55. The Morgan fingerprint density at radius 1 is 1.40 bits per heavy atom. The van der Waals surface area contributed by atoms with Crippen LogP contribution in [0.25, 0.3) is 0 Å². The fourth-order valence-corrected chi connectivity index (χ4v) is 3.87. The molecule has 1 aliphatic heterocycles. The maximum atomic E-state index is 10.6. The largest absolute Gasteiger partial charge is 0.496 e. The van der Waals surface area contributed by atoms with Gasteiger partial charge in [0.15, 0.2) is 5.82 Å². The Morgan fingerprint density at radius 3 is 2.84 bits per heavy atom. The highest BCUT2D eigenvalue weighted by molar-refractivity contribution is 9.10. The Balaban J connectivity index is 2.00. The molecule has 2 aromatic rings. The number of anilines is 1. The van der Waals surface area contributed by atoms with Crippen molar-refractivity contribution in [1.82, 2.24) is 14.8 Å². The topological polar surface area (TPSA) is 63.4 Å². The van der Waals surface area contributed by atoms with E-state index in [2.05, 4.69) is 37.1 Å². The Labute approximate surface area is 156 Å². The van der Waals surface area contributed by atoms with Gasteiger partial charge in [0.2, 0.25) is 5.95 Å². The summed E-state index contributed by atoms with van der Waals surface area (Å²) in [5, 5.41) is 19.2. The number of methoxy groups -OCH3 is 1. The monoisotopic (exact) mass is 408 g/mol. The number of ether oxygens (including phenoxy) is 1. The van der Waals surface area contributed by atoms with Crippen molar-refractivity contribution < 1.29 is 9.84 Å². The molecular weight excluding hydrogens is 384 g/mol. The summed E-state index contributed by atoms with van der Waals surface area (Å²) < 4.78 is 8.51. The first-order chi connectivity index (χ1) is 11.9. The van der Waals surface area contributed by atoms with E-state index in [0.29, 0.717) is 12.2 Å². The zero-order chi connectivity index (χ0) is 18.2. The summed E-state index contributed by atoms with van der Waals surface area (Å²) in [5.74, 6) is 2.26. The van der Waals surface area contributed by atoms with Crippen molar-refractivity contribution in [2.24, 2.45) is 7.05 Å². The third-order valence-electron chi connectivity index (χ3n) is 5.08. The highest BCUT2D eigenvalue weighted by atomic mass is 79.9. The van der Waals surface area contributed by atoms with Crippen molar-refractivity contribution >= 4 is 21.9 Å². The van der Waals surface area contributed by atoms with Crippen LogP contribution in [0.15, 0.2) is 22.7 Å².